The summed E-state index contributed by atoms with van der Waals surface area (Å²) in [6.07, 6.45) is 2.17. The van der Waals surface area contributed by atoms with Crippen LogP contribution >= 0.6 is 0 Å². The van der Waals surface area contributed by atoms with Crippen LogP contribution in [0.2, 0.25) is 0 Å². The van der Waals surface area contributed by atoms with Crippen molar-refractivity contribution in [3.8, 4) is 5.75 Å². The number of rotatable bonds is 5. The highest BCUT2D eigenvalue weighted by molar-refractivity contribution is 6.05. The number of nitrogens with two attached hydrogens (primary N) is 1. The van der Waals surface area contributed by atoms with Gasteiger partial charge < -0.3 is 19.8 Å². The zero-order chi connectivity index (χ0) is 24.9. The number of carbonyl (C=O) groups is 1. The Morgan fingerprint density at radius 3 is 2.33 bits per heavy atom. The summed E-state index contributed by atoms with van der Waals surface area (Å²) in [4.78, 5) is 27.1. The SMILES string of the molecule is CC(C)(C)OC(N)=O.Cc1cc2c3ccc(OCC(C)CC(C)C)cc3c(=O)n(C)c2cn1. The van der Waals surface area contributed by atoms with Crippen LogP contribution in [-0.4, -0.2) is 27.9 Å². The predicted octanol–water partition coefficient (Wildman–Crippen LogP) is 5.34. The average molecular weight is 456 g/mol. The highest BCUT2D eigenvalue weighted by Crippen LogP contribution is 2.26. The smallest absolute Gasteiger partial charge is 0.405 e. The molecule has 1 aromatic carbocycles. The second-order valence-electron chi connectivity index (χ2n) is 9.99. The summed E-state index contributed by atoms with van der Waals surface area (Å²) >= 11 is 0. The van der Waals surface area contributed by atoms with E-state index >= 15 is 0 Å². The maximum atomic E-state index is 12.7. The van der Waals surface area contributed by atoms with Crippen LogP contribution in [0.4, 0.5) is 4.79 Å². The molecule has 1 unspecified atom stereocenters. The van der Waals surface area contributed by atoms with Crippen LogP contribution in [0.25, 0.3) is 21.7 Å². The Hall–Kier alpha value is -3.09. The molecule has 0 fully saturated rings. The van der Waals surface area contributed by atoms with E-state index < -0.39 is 11.7 Å². The molecule has 3 aromatic rings. The molecule has 180 valence electrons. The molecule has 7 heteroatoms. The summed E-state index contributed by atoms with van der Waals surface area (Å²) < 4.78 is 12.2. The van der Waals surface area contributed by atoms with Gasteiger partial charge in [0.05, 0.1) is 23.7 Å². The Bertz CT molecular complexity index is 1180. The van der Waals surface area contributed by atoms with Crippen molar-refractivity contribution in [3.05, 3.63) is 46.5 Å². The monoisotopic (exact) mass is 455 g/mol. The Morgan fingerprint density at radius 2 is 1.79 bits per heavy atom. The molecule has 7 nitrogen and oxygen atoms in total. The largest absolute Gasteiger partial charge is 0.493 e. The third kappa shape index (κ3) is 7.48. The zero-order valence-corrected chi connectivity index (χ0v) is 21.1. The number of amides is 1. The first-order valence-electron chi connectivity index (χ1n) is 11.3. The van der Waals surface area contributed by atoms with Gasteiger partial charge in [0, 0.05) is 18.1 Å². The molecule has 0 saturated carbocycles. The van der Waals surface area contributed by atoms with E-state index in [0.29, 0.717) is 23.8 Å². The van der Waals surface area contributed by atoms with Crippen molar-refractivity contribution >= 4 is 27.8 Å². The number of aromatic nitrogens is 2. The first-order valence-corrected chi connectivity index (χ1v) is 11.3. The lowest BCUT2D eigenvalue weighted by molar-refractivity contribution is 0.0600. The molecule has 0 radical (unpaired) electrons. The van der Waals surface area contributed by atoms with Gasteiger partial charge in [0.1, 0.15) is 11.4 Å². The predicted molar refractivity (Wildman–Crippen MR) is 134 cm³/mol. The second-order valence-corrected chi connectivity index (χ2v) is 9.99. The topological polar surface area (TPSA) is 96.4 Å². The maximum absolute atomic E-state index is 12.7. The van der Waals surface area contributed by atoms with E-state index in [-0.39, 0.29) is 5.56 Å². The third-order valence-electron chi connectivity index (χ3n) is 5.01. The molecule has 2 heterocycles. The quantitative estimate of drug-likeness (QED) is 0.524. The minimum atomic E-state index is -0.725. The number of ether oxygens (including phenoxy) is 2. The van der Waals surface area contributed by atoms with Crippen LogP contribution in [0.5, 0.6) is 5.75 Å². The van der Waals surface area contributed by atoms with Gasteiger partial charge >= 0.3 is 6.09 Å². The number of fused-ring (bicyclic) bond motifs is 3. The lowest BCUT2D eigenvalue weighted by Gasteiger charge is -2.16. The summed E-state index contributed by atoms with van der Waals surface area (Å²) in [6.45, 7) is 14.6. The van der Waals surface area contributed by atoms with Gasteiger partial charge in [-0.2, -0.15) is 0 Å². The molecular weight excluding hydrogens is 418 g/mol. The van der Waals surface area contributed by atoms with Crippen LogP contribution in [0.1, 0.15) is 53.7 Å². The van der Waals surface area contributed by atoms with E-state index in [1.54, 1.807) is 38.6 Å². The van der Waals surface area contributed by atoms with Crippen LogP contribution in [-0.2, 0) is 11.8 Å². The van der Waals surface area contributed by atoms with Crippen LogP contribution < -0.4 is 16.0 Å². The van der Waals surface area contributed by atoms with E-state index in [9.17, 15) is 9.59 Å². The number of nitrogens with zero attached hydrogens (tertiary/aromatic N) is 2. The van der Waals surface area contributed by atoms with Gasteiger partial charge in [0.15, 0.2) is 0 Å². The van der Waals surface area contributed by atoms with E-state index in [2.05, 4.69) is 30.5 Å². The third-order valence-corrected chi connectivity index (χ3v) is 5.01. The molecule has 0 aliphatic rings. The number of hydrogen-bond donors (Lipinski definition) is 1. The van der Waals surface area contributed by atoms with E-state index in [1.807, 2.05) is 31.2 Å². The minimum Gasteiger partial charge on any atom is -0.493 e. The van der Waals surface area contributed by atoms with E-state index in [0.717, 1.165) is 34.2 Å². The molecule has 3 rings (SSSR count). The number of hydrogen-bond acceptors (Lipinski definition) is 5. The molecule has 0 saturated heterocycles. The van der Waals surface area contributed by atoms with Crippen LogP contribution in [0, 0.1) is 18.8 Å². The Balaban J connectivity index is 0.000000414. The highest BCUT2D eigenvalue weighted by atomic mass is 16.6. The van der Waals surface area contributed by atoms with Crippen LogP contribution in [0.15, 0.2) is 35.3 Å². The highest BCUT2D eigenvalue weighted by Gasteiger charge is 2.13. The van der Waals surface area contributed by atoms with Gasteiger partial charge in [-0.05, 0) is 75.6 Å². The van der Waals surface area contributed by atoms with Crippen molar-refractivity contribution in [3.63, 3.8) is 0 Å². The normalized spacial score (nSPS) is 12.4. The Labute approximate surface area is 195 Å². The molecule has 1 atom stereocenters. The number of carbonyl (C=O) groups excluding carboxylic acids is 1. The lowest BCUT2D eigenvalue weighted by Crippen LogP contribution is -2.27. The molecule has 0 spiro atoms. The lowest BCUT2D eigenvalue weighted by atomic mass is 10.00. The molecule has 2 N–H and O–H groups in total. The fourth-order valence-corrected chi connectivity index (χ4v) is 3.76. The van der Waals surface area contributed by atoms with E-state index in [4.69, 9.17) is 10.5 Å². The number of primary amides is 1. The van der Waals surface area contributed by atoms with Gasteiger partial charge in [-0.3, -0.25) is 9.78 Å². The summed E-state index contributed by atoms with van der Waals surface area (Å²) in [5.41, 5.74) is 6.03. The average Bonchev–Trinajstić information content (AvgIpc) is 2.68. The summed E-state index contributed by atoms with van der Waals surface area (Å²) in [6, 6.07) is 7.84. The molecule has 1 amide bonds. The van der Waals surface area contributed by atoms with Gasteiger partial charge in [0.25, 0.3) is 5.56 Å². The maximum Gasteiger partial charge on any atom is 0.405 e. The number of benzene rings is 1. The molecular formula is C26H37N3O4. The summed E-state index contributed by atoms with van der Waals surface area (Å²) in [5.74, 6) is 1.90. The van der Waals surface area contributed by atoms with Crippen LogP contribution in [0.3, 0.4) is 0 Å². The Morgan fingerprint density at radius 1 is 1.12 bits per heavy atom. The van der Waals surface area contributed by atoms with Crippen molar-refractivity contribution in [1.29, 1.82) is 0 Å². The summed E-state index contributed by atoms with van der Waals surface area (Å²) in [5, 5.41) is 2.69. The fourth-order valence-electron chi connectivity index (χ4n) is 3.76. The molecule has 2 aromatic heterocycles. The standard InChI is InChI=1S/C21H26N2O2.C5H11NO2/c1-13(2)8-14(3)12-25-16-6-7-17-18-9-15(4)22-11-20(18)23(5)21(24)19(17)10-16;1-5(2,3)8-4(6)7/h6-7,9-11,13-14H,8,12H2,1-5H3;1-3H3,(H2,6,7). The Kier molecular flexibility index (Phi) is 8.47. The zero-order valence-electron chi connectivity index (χ0n) is 21.1. The van der Waals surface area contributed by atoms with Gasteiger partial charge in [-0.25, -0.2) is 4.79 Å². The van der Waals surface area contributed by atoms with Crippen molar-refractivity contribution in [2.24, 2.45) is 24.6 Å². The fraction of sp³-hybridized carbons (Fsp3) is 0.500. The minimum absolute atomic E-state index is 0.0196. The number of aryl methyl sites for hydroxylation is 2. The first-order chi connectivity index (χ1) is 15.3. The molecule has 0 bridgehead atoms. The molecule has 33 heavy (non-hydrogen) atoms. The van der Waals surface area contributed by atoms with Gasteiger partial charge in [0.2, 0.25) is 0 Å². The van der Waals surface area contributed by atoms with Crippen molar-refractivity contribution in [2.45, 2.75) is 60.5 Å². The van der Waals surface area contributed by atoms with Crippen molar-refractivity contribution < 1.29 is 14.3 Å². The summed E-state index contributed by atoms with van der Waals surface area (Å²) in [7, 11) is 1.79. The van der Waals surface area contributed by atoms with E-state index in [1.165, 1.54) is 0 Å². The van der Waals surface area contributed by atoms with Gasteiger partial charge in [-0.15, -0.1) is 0 Å². The van der Waals surface area contributed by atoms with Crippen molar-refractivity contribution in [2.75, 3.05) is 6.61 Å². The second kappa shape index (κ2) is 10.7. The number of pyridine rings is 2. The molecule has 0 aliphatic carbocycles. The van der Waals surface area contributed by atoms with Gasteiger partial charge in [-0.1, -0.05) is 20.8 Å². The first kappa shape index (κ1) is 26.2. The molecule has 0 aliphatic heterocycles. The van der Waals surface area contributed by atoms with Crippen molar-refractivity contribution in [1.82, 2.24) is 9.55 Å².